The largest absolute Gasteiger partial charge is 0.480 e. The summed E-state index contributed by atoms with van der Waals surface area (Å²) in [6.07, 6.45) is 0.956. The number of hydrogen-bond donors (Lipinski definition) is 5. The fraction of sp³-hybridized carbons (Fsp3) is 0.385. The van der Waals surface area contributed by atoms with Gasteiger partial charge in [0.15, 0.2) is 5.96 Å². The van der Waals surface area contributed by atoms with E-state index < -0.39 is 22.1 Å². The molecular formula is C13H24N4O6S. The van der Waals surface area contributed by atoms with Crippen LogP contribution in [0.2, 0.25) is 0 Å². The van der Waals surface area contributed by atoms with Crippen molar-refractivity contribution < 1.29 is 28.3 Å². The van der Waals surface area contributed by atoms with Crippen molar-refractivity contribution in [3.63, 3.8) is 0 Å². The highest BCUT2D eigenvalue weighted by molar-refractivity contribution is 7.85. The summed E-state index contributed by atoms with van der Waals surface area (Å²) in [4.78, 5) is 13.8. The van der Waals surface area contributed by atoms with E-state index in [4.69, 9.17) is 26.9 Å². The average Bonchev–Trinajstić information content (AvgIpc) is 2.43. The number of hydrogen-bond acceptors (Lipinski definition) is 5. The number of aliphatic carboxylic acids is 1. The van der Waals surface area contributed by atoms with E-state index >= 15 is 0 Å². The van der Waals surface area contributed by atoms with Gasteiger partial charge in [-0.3, -0.25) is 14.3 Å². The van der Waals surface area contributed by atoms with Gasteiger partial charge in [-0.05, 0) is 31.9 Å². The summed E-state index contributed by atoms with van der Waals surface area (Å²) in [6.45, 7) is 2.26. The summed E-state index contributed by atoms with van der Waals surface area (Å²) < 4.78 is 29.6. The highest BCUT2D eigenvalue weighted by Gasteiger charge is 2.09. The highest BCUT2D eigenvalue weighted by atomic mass is 32.2. The van der Waals surface area contributed by atoms with Gasteiger partial charge in [-0.1, -0.05) is 17.7 Å². The number of aryl methyl sites for hydroxylation is 1. The van der Waals surface area contributed by atoms with Gasteiger partial charge < -0.3 is 27.8 Å². The van der Waals surface area contributed by atoms with E-state index in [9.17, 15) is 13.2 Å². The second-order valence-electron chi connectivity index (χ2n) is 4.68. The number of nitrogens with zero attached hydrogens (tertiary/aromatic N) is 1. The van der Waals surface area contributed by atoms with Crippen LogP contribution in [-0.4, -0.2) is 48.1 Å². The lowest BCUT2D eigenvalue weighted by Crippen LogP contribution is -2.30. The Morgan fingerprint density at radius 2 is 1.75 bits per heavy atom. The number of nitrogens with two attached hydrogens (primary N) is 3. The van der Waals surface area contributed by atoms with Crippen molar-refractivity contribution in [3.8, 4) is 0 Å². The molecule has 1 rings (SSSR count). The monoisotopic (exact) mass is 364 g/mol. The van der Waals surface area contributed by atoms with Crippen molar-refractivity contribution in [1.29, 1.82) is 0 Å². The number of carboxylic acids is 1. The van der Waals surface area contributed by atoms with Crippen molar-refractivity contribution in [2.45, 2.75) is 30.7 Å². The molecule has 1 aromatic carbocycles. The summed E-state index contributed by atoms with van der Waals surface area (Å²) in [7, 11) is -4.02. The van der Waals surface area contributed by atoms with E-state index in [2.05, 4.69) is 4.99 Å². The van der Waals surface area contributed by atoms with Crippen molar-refractivity contribution in [3.05, 3.63) is 29.8 Å². The molecule has 0 aliphatic carbocycles. The van der Waals surface area contributed by atoms with Gasteiger partial charge in [0.1, 0.15) is 6.04 Å². The van der Waals surface area contributed by atoms with Gasteiger partial charge in [-0.25, -0.2) is 0 Å². The third kappa shape index (κ3) is 11.4. The van der Waals surface area contributed by atoms with Crippen LogP contribution in [0.1, 0.15) is 18.4 Å². The molecule has 0 saturated heterocycles. The molecule has 0 heterocycles. The van der Waals surface area contributed by atoms with Crippen LogP contribution in [0.5, 0.6) is 0 Å². The van der Waals surface area contributed by atoms with Gasteiger partial charge >= 0.3 is 5.97 Å². The first kappa shape index (κ1) is 24.0. The Morgan fingerprint density at radius 3 is 2.12 bits per heavy atom. The van der Waals surface area contributed by atoms with Gasteiger partial charge in [0, 0.05) is 6.54 Å². The van der Waals surface area contributed by atoms with Crippen LogP contribution < -0.4 is 17.2 Å². The van der Waals surface area contributed by atoms with Crippen LogP contribution in [0.25, 0.3) is 0 Å². The molecule has 1 atom stereocenters. The Labute approximate surface area is 140 Å². The molecule has 0 aliphatic heterocycles. The van der Waals surface area contributed by atoms with E-state index in [1.165, 1.54) is 12.1 Å². The van der Waals surface area contributed by atoms with Gasteiger partial charge in [0.05, 0.1) is 4.90 Å². The summed E-state index contributed by atoms with van der Waals surface area (Å²) in [5, 5.41) is 8.38. The Hall–Kier alpha value is -2.21. The van der Waals surface area contributed by atoms with Gasteiger partial charge in [-0.15, -0.1) is 0 Å². The second kappa shape index (κ2) is 11.3. The van der Waals surface area contributed by atoms with E-state index in [1.54, 1.807) is 12.1 Å². The van der Waals surface area contributed by atoms with Crippen molar-refractivity contribution in [2.75, 3.05) is 6.54 Å². The van der Waals surface area contributed by atoms with E-state index in [1.807, 2.05) is 6.92 Å². The number of guanidine groups is 1. The minimum absolute atomic E-state index is 0. The molecular weight excluding hydrogens is 340 g/mol. The lowest BCUT2D eigenvalue weighted by Gasteiger charge is -2.03. The predicted molar refractivity (Wildman–Crippen MR) is 90.1 cm³/mol. The van der Waals surface area contributed by atoms with Crippen LogP contribution >= 0.6 is 0 Å². The molecule has 0 aliphatic rings. The van der Waals surface area contributed by atoms with Crippen LogP contribution in [0, 0.1) is 6.92 Å². The fourth-order valence-corrected chi connectivity index (χ4v) is 1.83. The zero-order valence-corrected chi connectivity index (χ0v) is 14.0. The molecule has 0 spiro atoms. The maximum atomic E-state index is 10.5. The minimum atomic E-state index is -4.02. The van der Waals surface area contributed by atoms with E-state index in [0.717, 1.165) is 5.56 Å². The molecule has 0 amide bonds. The zero-order valence-electron chi connectivity index (χ0n) is 13.2. The van der Waals surface area contributed by atoms with Gasteiger partial charge in [0.2, 0.25) is 0 Å². The third-order valence-corrected chi connectivity index (χ3v) is 3.47. The molecule has 10 nitrogen and oxygen atoms in total. The average molecular weight is 364 g/mol. The first-order valence-corrected chi connectivity index (χ1v) is 8.06. The Kier molecular flexibility index (Phi) is 11.4. The summed E-state index contributed by atoms with van der Waals surface area (Å²) in [5.41, 5.74) is 16.3. The Balaban J connectivity index is 0. The van der Waals surface area contributed by atoms with E-state index in [0.29, 0.717) is 19.4 Å². The van der Waals surface area contributed by atoms with Crippen LogP contribution in [0.3, 0.4) is 0 Å². The molecule has 0 bridgehead atoms. The summed E-state index contributed by atoms with van der Waals surface area (Å²) in [6, 6.07) is 5.17. The third-order valence-electron chi connectivity index (χ3n) is 2.60. The normalized spacial score (nSPS) is 11.3. The smallest absolute Gasteiger partial charge is 0.320 e. The summed E-state index contributed by atoms with van der Waals surface area (Å²) >= 11 is 0. The number of benzene rings is 1. The number of aliphatic imine (C=N–C) groups is 1. The van der Waals surface area contributed by atoms with Crippen LogP contribution in [0.15, 0.2) is 34.2 Å². The molecule has 0 saturated carbocycles. The lowest BCUT2D eigenvalue weighted by molar-refractivity contribution is -0.138. The van der Waals surface area contributed by atoms with Crippen LogP contribution in [-0.2, 0) is 14.9 Å². The standard InChI is InChI=1S/C7H8O3S.C6H14N4O2.H2O/c1-6-2-4-7(5-3-6)11(8,9)10;7-4(5(11)12)2-1-3-10-6(8)9;/h2-5H,1H3,(H,8,9,10);4H,1-3,7H2,(H,11,12)(H4,8,9,10);1H2/t;4-;/m.0./s1. The summed E-state index contributed by atoms with van der Waals surface area (Å²) in [5.74, 6) is -0.987. The fourth-order valence-electron chi connectivity index (χ4n) is 1.35. The highest BCUT2D eigenvalue weighted by Crippen LogP contribution is 2.08. The second-order valence-corrected chi connectivity index (χ2v) is 6.10. The van der Waals surface area contributed by atoms with Crippen molar-refractivity contribution in [1.82, 2.24) is 0 Å². The molecule has 10 N–H and O–H groups in total. The van der Waals surface area contributed by atoms with Gasteiger partial charge in [-0.2, -0.15) is 8.42 Å². The number of rotatable bonds is 6. The Morgan fingerprint density at radius 1 is 1.25 bits per heavy atom. The molecule has 0 fully saturated rings. The molecule has 0 radical (unpaired) electrons. The SMILES string of the molecule is Cc1ccc(S(=O)(=O)O)cc1.NC(N)=NCCC[C@H](N)C(=O)O.O. The van der Waals surface area contributed by atoms with E-state index in [-0.39, 0.29) is 16.3 Å². The van der Waals surface area contributed by atoms with Crippen molar-refractivity contribution in [2.24, 2.45) is 22.2 Å². The zero-order chi connectivity index (χ0) is 18.0. The quantitative estimate of drug-likeness (QED) is 0.180. The molecule has 0 unspecified atom stereocenters. The number of carboxylic acid groups (broad SMARTS) is 1. The maximum Gasteiger partial charge on any atom is 0.320 e. The number of carbonyl (C=O) groups is 1. The first-order chi connectivity index (χ1) is 10.5. The van der Waals surface area contributed by atoms with Gasteiger partial charge in [0.25, 0.3) is 10.1 Å². The Bertz CT molecular complexity index is 626. The molecule has 11 heteroatoms. The predicted octanol–water partition coefficient (Wildman–Crippen LogP) is -1.13. The topological polar surface area (TPSA) is 214 Å². The minimum Gasteiger partial charge on any atom is -0.480 e. The first-order valence-electron chi connectivity index (χ1n) is 6.62. The molecule has 24 heavy (non-hydrogen) atoms. The lowest BCUT2D eigenvalue weighted by atomic mass is 10.2. The molecule has 138 valence electrons. The molecule has 1 aromatic rings. The maximum absolute atomic E-state index is 10.5. The van der Waals surface area contributed by atoms with Crippen LogP contribution in [0.4, 0.5) is 0 Å². The van der Waals surface area contributed by atoms with Crippen molar-refractivity contribution >= 4 is 22.0 Å². The molecule has 0 aromatic heterocycles.